The van der Waals surface area contributed by atoms with Gasteiger partial charge in [0.1, 0.15) is 11.0 Å². The topological polar surface area (TPSA) is 50.2 Å². The second kappa shape index (κ2) is 11.0. The Morgan fingerprint density at radius 1 is 1.10 bits per heavy atom. The molecule has 2 aromatic carbocycles. The van der Waals surface area contributed by atoms with E-state index in [-0.39, 0.29) is 22.2 Å². The summed E-state index contributed by atoms with van der Waals surface area (Å²) in [6, 6.07) is 10.8. The largest absolute Gasteiger partial charge is 0.416 e. The molecule has 0 bridgehead atoms. The van der Waals surface area contributed by atoms with Crippen LogP contribution in [0.1, 0.15) is 27.9 Å². The monoisotopic (exact) mass is 576 g/mol. The Labute approximate surface area is 231 Å². The van der Waals surface area contributed by atoms with E-state index in [1.165, 1.54) is 29.0 Å². The fourth-order valence-electron chi connectivity index (χ4n) is 4.74. The normalized spacial score (nSPS) is 14.2. The lowest BCUT2D eigenvalue weighted by molar-refractivity contribution is -0.137. The summed E-state index contributed by atoms with van der Waals surface area (Å²) >= 11 is 11.7. The molecule has 0 atom stereocenters. The van der Waals surface area contributed by atoms with Gasteiger partial charge in [0.15, 0.2) is 0 Å². The first-order valence-corrected chi connectivity index (χ1v) is 12.8. The summed E-state index contributed by atoms with van der Waals surface area (Å²) in [7, 11) is 0. The maximum atomic E-state index is 13.7. The zero-order chi connectivity index (χ0) is 27.7. The van der Waals surface area contributed by atoms with Gasteiger partial charge in [-0.1, -0.05) is 47.5 Å². The summed E-state index contributed by atoms with van der Waals surface area (Å²) < 4.78 is 55.7. The molecule has 0 spiro atoms. The van der Waals surface area contributed by atoms with E-state index in [1.54, 1.807) is 24.3 Å². The highest BCUT2D eigenvalue weighted by Crippen LogP contribution is 2.36. The highest BCUT2D eigenvalue weighted by Gasteiger charge is 2.33. The third-order valence-corrected chi connectivity index (χ3v) is 7.12. The van der Waals surface area contributed by atoms with Crippen molar-refractivity contribution >= 4 is 46.2 Å². The molecule has 1 aliphatic heterocycles. The number of nitrogens with zero attached hydrogens (tertiary/aromatic N) is 3. The molecule has 0 aliphatic carbocycles. The minimum Gasteiger partial charge on any atom is -0.333 e. The molecule has 202 valence electrons. The van der Waals surface area contributed by atoms with Crippen LogP contribution in [0.25, 0.3) is 17.0 Å². The number of alkyl halides is 3. The van der Waals surface area contributed by atoms with Gasteiger partial charge in [0.05, 0.1) is 16.1 Å². The molecule has 0 unspecified atom stereocenters. The number of benzene rings is 2. The van der Waals surface area contributed by atoms with E-state index in [9.17, 15) is 22.4 Å². The summed E-state index contributed by atoms with van der Waals surface area (Å²) in [6.45, 7) is 1.70. The number of amides is 1. The quantitative estimate of drug-likeness (QED) is 0.200. The molecule has 5 nitrogen and oxygen atoms in total. The lowest BCUT2D eigenvalue weighted by Crippen LogP contribution is -2.34. The fraction of sp³-hybridized carbons (Fsp3) is 0.214. The Morgan fingerprint density at radius 2 is 1.92 bits per heavy atom. The maximum absolute atomic E-state index is 13.7. The highest BCUT2D eigenvalue weighted by atomic mass is 35.5. The van der Waals surface area contributed by atoms with E-state index in [0.717, 1.165) is 17.7 Å². The minimum atomic E-state index is -4.55. The molecule has 0 radical (unpaired) electrons. The number of carbonyl (C=O) groups is 1. The molecule has 11 heteroatoms. The molecular formula is C28H22Cl2F4N4O. The summed E-state index contributed by atoms with van der Waals surface area (Å²) in [5.74, 6) is -0.502. The molecule has 1 N–H and O–H groups in total. The van der Waals surface area contributed by atoms with Gasteiger partial charge in [-0.2, -0.15) is 13.2 Å². The Kier molecular flexibility index (Phi) is 7.66. The van der Waals surface area contributed by atoms with Crippen molar-refractivity contribution in [1.29, 1.82) is 0 Å². The van der Waals surface area contributed by atoms with Crippen molar-refractivity contribution in [3.05, 3.63) is 105 Å². The Hall–Kier alpha value is -3.40. The van der Waals surface area contributed by atoms with E-state index in [0.29, 0.717) is 48.3 Å². The molecule has 2 aromatic heterocycles. The van der Waals surface area contributed by atoms with Gasteiger partial charge in [-0.15, -0.1) is 0 Å². The number of pyridine rings is 1. The van der Waals surface area contributed by atoms with Gasteiger partial charge < -0.3 is 5.32 Å². The molecule has 0 saturated heterocycles. The minimum absolute atomic E-state index is 0.0504. The van der Waals surface area contributed by atoms with E-state index in [2.05, 4.69) is 15.2 Å². The summed E-state index contributed by atoms with van der Waals surface area (Å²) in [5.41, 5.74) is 2.23. The summed E-state index contributed by atoms with van der Waals surface area (Å²) in [5, 5.41) is 3.71. The Bertz CT molecular complexity index is 1580. The average Bonchev–Trinajstić information content (AvgIpc) is 3.22. The number of nitrogens with one attached hydrogen (secondary N) is 1. The van der Waals surface area contributed by atoms with Crippen LogP contribution in [-0.4, -0.2) is 33.6 Å². The van der Waals surface area contributed by atoms with Crippen LogP contribution in [0.15, 0.2) is 60.8 Å². The standard InChI is InChI=1S/C28H22Cl2F4N4O/c29-22-6-3-17(12-23(22)31)2-1-10-37-11-8-24-21(16-37)20-5-4-19(28(32,33)34)14-25(20)38(24)27(39)36-15-18-7-9-35-26(30)13-18/h1-7,9,12-14H,8,10-11,15-16H2,(H,36,39). The fourth-order valence-corrected chi connectivity index (χ4v) is 5.05. The van der Waals surface area contributed by atoms with Crippen molar-refractivity contribution in [2.45, 2.75) is 25.7 Å². The number of halogens is 6. The molecular weight excluding hydrogens is 555 g/mol. The molecule has 0 saturated carbocycles. The zero-order valence-electron chi connectivity index (χ0n) is 20.4. The summed E-state index contributed by atoms with van der Waals surface area (Å²) in [6.07, 6.45) is 1.10. The van der Waals surface area contributed by atoms with Crippen LogP contribution in [0.4, 0.5) is 22.4 Å². The molecule has 0 fully saturated rings. The number of fused-ring (bicyclic) bond motifs is 3. The van der Waals surface area contributed by atoms with Crippen molar-refractivity contribution in [1.82, 2.24) is 19.8 Å². The smallest absolute Gasteiger partial charge is 0.333 e. The van der Waals surface area contributed by atoms with Gasteiger partial charge in [-0.3, -0.25) is 9.47 Å². The number of rotatable bonds is 5. The van der Waals surface area contributed by atoms with Crippen LogP contribution >= 0.6 is 23.2 Å². The maximum Gasteiger partial charge on any atom is 0.416 e. The first-order valence-electron chi connectivity index (χ1n) is 12.1. The van der Waals surface area contributed by atoms with Crippen LogP contribution in [0.2, 0.25) is 10.2 Å². The van der Waals surface area contributed by atoms with Gasteiger partial charge in [0, 0.05) is 49.9 Å². The predicted molar refractivity (Wildman–Crippen MR) is 143 cm³/mol. The molecule has 4 aromatic rings. The molecule has 5 rings (SSSR count). The lowest BCUT2D eigenvalue weighted by Gasteiger charge is -2.27. The van der Waals surface area contributed by atoms with Crippen LogP contribution < -0.4 is 5.32 Å². The predicted octanol–water partition coefficient (Wildman–Crippen LogP) is 7.33. The van der Waals surface area contributed by atoms with Crippen molar-refractivity contribution < 1.29 is 22.4 Å². The second-order valence-electron chi connectivity index (χ2n) is 9.20. The second-order valence-corrected chi connectivity index (χ2v) is 9.99. The molecule has 1 aliphatic rings. The van der Waals surface area contributed by atoms with Crippen LogP contribution in [-0.2, 0) is 25.7 Å². The highest BCUT2D eigenvalue weighted by molar-refractivity contribution is 6.30. The van der Waals surface area contributed by atoms with E-state index in [4.69, 9.17) is 23.2 Å². The number of hydrogen-bond donors (Lipinski definition) is 1. The number of hydrogen-bond acceptors (Lipinski definition) is 3. The molecule has 39 heavy (non-hydrogen) atoms. The van der Waals surface area contributed by atoms with Crippen molar-refractivity contribution in [2.24, 2.45) is 0 Å². The van der Waals surface area contributed by atoms with Crippen molar-refractivity contribution in [3.8, 4) is 0 Å². The Balaban J connectivity index is 1.42. The van der Waals surface area contributed by atoms with Crippen molar-refractivity contribution in [2.75, 3.05) is 13.1 Å². The molecule has 1 amide bonds. The van der Waals surface area contributed by atoms with Gasteiger partial charge >= 0.3 is 12.2 Å². The summed E-state index contributed by atoms with van der Waals surface area (Å²) in [4.78, 5) is 19.4. The van der Waals surface area contributed by atoms with Crippen LogP contribution in [0.3, 0.4) is 0 Å². The first kappa shape index (κ1) is 27.2. The number of carbonyl (C=O) groups excluding carboxylic acids is 1. The SMILES string of the molecule is O=C(NCc1ccnc(Cl)c1)n1c2c(c3ccc(C(F)(F)F)cc31)CN(CC=Cc1ccc(Cl)c(F)c1)CC2. The van der Waals surface area contributed by atoms with Crippen LogP contribution in [0, 0.1) is 5.82 Å². The van der Waals surface area contributed by atoms with E-state index < -0.39 is 23.6 Å². The lowest BCUT2D eigenvalue weighted by atomic mass is 10.0. The average molecular weight is 577 g/mol. The van der Waals surface area contributed by atoms with Gasteiger partial charge in [0.25, 0.3) is 0 Å². The number of aromatic nitrogens is 2. The first-order chi connectivity index (χ1) is 18.6. The van der Waals surface area contributed by atoms with E-state index >= 15 is 0 Å². The third-order valence-electron chi connectivity index (χ3n) is 6.61. The van der Waals surface area contributed by atoms with Crippen LogP contribution in [0.5, 0.6) is 0 Å². The van der Waals surface area contributed by atoms with Gasteiger partial charge in [0.2, 0.25) is 0 Å². The van der Waals surface area contributed by atoms with Crippen molar-refractivity contribution in [3.63, 3.8) is 0 Å². The van der Waals surface area contributed by atoms with Gasteiger partial charge in [-0.05, 0) is 53.1 Å². The van der Waals surface area contributed by atoms with E-state index in [1.807, 2.05) is 6.08 Å². The zero-order valence-corrected chi connectivity index (χ0v) is 21.9. The Morgan fingerprint density at radius 3 is 2.67 bits per heavy atom. The van der Waals surface area contributed by atoms with Gasteiger partial charge in [-0.25, -0.2) is 14.2 Å². The molecule has 3 heterocycles. The third kappa shape index (κ3) is 5.95.